The van der Waals surface area contributed by atoms with Gasteiger partial charge in [0.1, 0.15) is 5.60 Å². The first-order chi connectivity index (χ1) is 12.0. The highest BCUT2D eigenvalue weighted by molar-refractivity contribution is 7.91. The molecule has 1 aromatic rings. The van der Waals surface area contributed by atoms with E-state index in [4.69, 9.17) is 4.74 Å². The Balaban J connectivity index is 1.90. The number of nitrogens with zero attached hydrogens (tertiary/aromatic N) is 1. The van der Waals surface area contributed by atoms with Gasteiger partial charge in [-0.3, -0.25) is 10.1 Å². The van der Waals surface area contributed by atoms with Gasteiger partial charge in [0.25, 0.3) is 0 Å². The van der Waals surface area contributed by atoms with Crippen molar-refractivity contribution in [3.05, 3.63) is 29.8 Å². The Kier molecular flexibility index (Phi) is 5.95. The van der Waals surface area contributed by atoms with Gasteiger partial charge in [0.05, 0.1) is 17.9 Å². The van der Waals surface area contributed by atoms with Crippen LogP contribution in [0.15, 0.2) is 24.3 Å². The summed E-state index contributed by atoms with van der Waals surface area (Å²) >= 11 is 0. The van der Waals surface area contributed by atoms with Crippen molar-refractivity contribution in [2.24, 2.45) is 0 Å². The number of benzene rings is 1. The van der Waals surface area contributed by atoms with Crippen LogP contribution in [0.1, 0.15) is 32.8 Å². The lowest BCUT2D eigenvalue weighted by atomic mass is 10.1. The number of rotatable bonds is 4. The predicted octanol–water partition coefficient (Wildman–Crippen LogP) is 2.22. The number of anilines is 1. The van der Waals surface area contributed by atoms with E-state index in [1.54, 1.807) is 52.1 Å². The number of carbonyl (C=O) groups excluding carboxylic acids is 2. The Morgan fingerprint density at radius 2 is 1.85 bits per heavy atom. The number of hydrogen-bond donors (Lipinski definition) is 1. The maximum atomic E-state index is 12.4. The van der Waals surface area contributed by atoms with Gasteiger partial charge in [-0.25, -0.2) is 13.2 Å². The fourth-order valence-electron chi connectivity index (χ4n) is 2.71. The van der Waals surface area contributed by atoms with Crippen LogP contribution in [0.4, 0.5) is 10.5 Å². The fraction of sp³-hybridized carbons (Fsp3) is 0.556. The van der Waals surface area contributed by atoms with Crippen molar-refractivity contribution in [2.45, 2.75) is 45.3 Å². The van der Waals surface area contributed by atoms with E-state index >= 15 is 0 Å². The summed E-state index contributed by atoms with van der Waals surface area (Å²) in [7, 11) is -1.38. The summed E-state index contributed by atoms with van der Waals surface area (Å²) in [5.74, 6) is 0.0499. The van der Waals surface area contributed by atoms with Crippen LogP contribution >= 0.6 is 0 Å². The van der Waals surface area contributed by atoms with E-state index in [-0.39, 0.29) is 29.9 Å². The molecule has 0 aromatic heterocycles. The summed E-state index contributed by atoms with van der Waals surface area (Å²) in [5.41, 5.74) is 0.789. The molecule has 1 atom stereocenters. The Morgan fingerprint density at radius 1 is 1.23 bits per heavy atom. The highest BCUT2D eigenvalue weighted by Gasteiger charge is 2.32. The van der Waals surface area contributed by atoms with Crippen LogP contribution in [0.5, 0.6) is 0 Å². The molecule has 144 valence electrons. The molecule has 0 spiro atoms. The van der Waals surface area contributed by atoms with Gasteiger partial charge in [0.2, 0.25) is 5.91 Å². The van der Waals surface area contributed by atoms with Crippen molar-refractivity contribution in [1.29, 1.82) is 0 Å². The second-order valence-electron chi connectivity index (χ2n) is 7.56. The third kappa shape index (κ3) is 6.01. The zero-order valence-electron chi connectivity index (χ0n) is 15.6. The fourth-order valence-corrected chi connectivity index (χ4v) is 4.49. The van der Waals surface area contributed by atoms with Gasteiger partial charge in [0, 0.05) is 18.8 Å². The third-order valence-corrected chi connectivity index (χ3v) is 5.85. The number of hydrogen-bond acceptors (Lipinski definition) is 5. The molecule has 0 aliphatic carbocycles. The SMILES string of the molecule is CN(C(=O)Cc1ccc(NC(=O)OC(C)(C)C)cc1)[C@@H]1CCS(=O)(=O)C1. The summed E-state index contributed by atoms with van der Waals surface area (Å²) in [6.07, 6.45) is 0.131. The Labute approximate surface area is 154 Å². The number of nitrogens with one attached hydrogen (secondary N) is 1. The molecular formula is C18H26N2O5S. The van der Waals surface area contributed by atoms with Crippen molar-refractivity contribution in [3.63, 3.8) is 0 Å². The molecule has 1 heterocycles. The lowest BCUT2D eigenvalue weighted by Gasteiger charge is -2.23. The normalized spacial score (nSPS) is 19.0. The second-order valence-corrected chi connectivity index (χ2v) is 9.79. The van der Waals surface area contributed by atoms with Gasteiger partial charge in [-0.05, 0) is 44.9 Å². The van der Waals surface area contributed by atoms with Gasteiger partial charge in [-0.15, -0.1) is 0 Å². The van der Waals surface area contributed by atoms with E-state index in [0.29, 0.717) is 12.1 Å². The third-order valence-electron chi connectivity index (χ3n) is 4.10. The van der Waals surface area contributed by atoms with Crippen molar-refractivity contribution < 1.29 is 22.7 Å². The molecule has 26 heavy (non-hydrogen) atoms. The van der Waals surface area contributed by atoms with Gasteiger partial charge in [-0.1, -0.05) is 12.1 Å². The molecule has 0 bridgehead atoms. The molecule has 1 N–H and O–H groups in total. The molecule has 2 amide bonds. The maximum Gasteiger partial charge on any atom is 0.412 e. The van der Waals surface area contributed by atoms with Crippen LogP contribution in [0.3, 0.4) is 0 Å². The summed E-state index contributed by atoms with van der Waals surface area (Å²) in [4.78, 5) is 25.6. The molecule has 1 saturated heterocycles. The standard InChI is InChI=1S/C18H26N2O5S/c1-18(2,3)25-17(22)19-14-7-5-13(6-8-14)11-16(21)20(4)15-9-10-26(23,24)12-15/h5-8,15H,9-12H2,1-4H3,(H,19,22)/t15-/m1/s1. The minimum atomic E-state index is -3.02. The molecule has 1 aliphatic heterocycles. The van der Waals surface area contributed by atoms with Crippen molar-refractivity contribution in [2.75, 3.05) is 23.9 Å². The average molecular weight is 382 g/mol. The van der Waals surface area contributed by atoms with E-state index in [9.17, 15) is 18.0 Å². The molecule has 1 aromatic carbocycles. The smallest absolute Gasteiger partial charge is 0.412 e. The van der Waals surface area contributed by atoms with Crippen LogP contribution in [-0.2, 0) is 25.8 Å². The van der Waals surface area contributed by atoms with E-state index in [1.807, 2.05) is 0 Å². The number of amides is 2. The second kappa shape index (κ2) is 7.65. The van der Waals surface area contributed by atoms with Gasteiger partial charge < -0.3 is 9.64 Å². The lowest BCUT2D eigenvalue weighted by Crippen LogP contribution is -2.38. The Hall–Kier alpha value is -2.09. The highest BCUT2D eigenvalue weighted by atomic mass is 32.2. The molecular weight excluding hydrogens is 356 g/mol. The van der Waals surface area contributed by atoms with Crippen molar-refractivity contribution in [1.82, 2.24) is 4.90 Å². The van der Waals surface area contributed by atoms with Gasteiger partial charge in [-0.2, -0.15) is 0 Å². The van der Waals surface area contributed by atoms with Crippen LogP contribution in [0.25, 0.3) is 0 Å². The topological polar surface area (TPSA) is 92.8 Å². The zero-order valence-corrected chi connectivity index (χ0v) is 16.4. The molecule has 0 unspecified atom stereocenters. The quantitative estimate of drug-likeness (QED) is 0.862. The van der Waals surface area contributed by atoms with Crippen molar-refractivity contribution >= 4 is 27.5 Å². The first-order valence-electron chi connectivity index (χ1n) is 8.50. The van der Waals surface area contributed by atoms with E-state index in [0.717, 1.165) is 5.56 Å². The summed E-state index contributed by atoms with van der Waals surface area (Å²) in [6.45, 7) is 5.36. The van der Waals surface area contributed by atoms with Crippen LogP contribution < -0.4 is 5.32 Å². The number of carbonyl (C=O) groups is 2. The number of sulfone groups is 1. The first-order valence-corrected chi connectivity index (χ1v) is 10.3. The zero-order chi connectivity index (χ0) is 19.5. The summed E-state index contributed by atoms with van der Waals surface area (Å²) in [6, 6.07) is 6.66. The minimum absolute atomic E-state index is 0.0357. The summed E-state index contributed by atoms with van der Waals surface area (Å²) in [5, 5.41) is 2.63. The molecule has 7 nitrogen and oxygen atoms in total. The molecule has 1 fully saturated rings. The molecule has 1 aliphatic rings. The number of ether oxygens (including phenoxy) is 1. The van der Waals surface area contributed by atoms with Crippen molar-refractivity contribution in [3.8, 4) is 0 Å². The van der Waals surface area contributed by atoms with Gasteiger partial charge in [0.15, 0.2) is 9.84 Å². The molecule has 0 radical (unpaired) electrons. The largest absolute Gasteiger partial charge is 0.444 e. The lowest BCUT2D eigenvalue weighted by molar-refractivity contribution is -0.130. The van der Waals surface area contributed by atoms with E-state index in [1.165, 1.54) is 4.90 Å². The van der Waals surface area contributed by atoms with E-state index in [2.05, 4.69) is 5.32 Å². The van der Waals surface area contributed by atoms with Crippen LogP contribution in [0.2, 0.25) is 0 Å². The van der Waals surface area contributed by atoms with Crippen LogP contribution in [0, 0.1) is 0 Å². The van der Waals surface area contributed by atoms with E-state index < -0.39 is 21.5 Å². The first kappa shape index (κ1) is 20.2. The molecule has 8 heteroatoms. The van der Waals surface area contributed by atoms with Crippen LogP contribution in [-0.4, -0.2) is 55.5 Å². The average Bonchev–Trinajstić information content (AvgIpc) is 2.86. The van der Waals surface area contributed by atoms with Gasteiger partial charge >= 0.3 is 6.09 Å². The molecule has 2 rings (SSSR count). The predicted molar refractivity (Wildman–Crippen MR) is 99.8 cm³/mol. The summed E-state index contributed by atoms with van der Waals surface area (Å²) < 4.78 is 28.3. The Bertz CT molecular complexity index is 766. The number of likely N-dealkylation sites (N-methyl/N-ethyl adjacent to an activating group) is 1. The maximum absolute atomic E-state index is 12.4. The Morgan fingerprint density at radius 3 is 2.35 bits per heavy atom. The highest BCUT2D eigenvalue weighted by Crippen LogP contribution is 2.18. The monoisotopic (exact) mass is 382 g/mol. The molecule has 0 saturated carbocycles. The minimum Gasteiger partial charge on any atom is -0.444 e.